The predicted molar refractivity (Wildman–Crippen MR) is 98.5 cm³/mol. The van der Waals surface area contributed by atoms with Gasteiger partial charge in [-0.25, -0.2) is 9.97 Å². The molecule has 1 aromatic heterocycles. The molecule has 4 rings (SSSR count). The van der Waals surface area contributed by atoms with Gasteiger partial charge in [0, 0.05) is 18.7 Å². The standard InChI is InChI=1S/C19H22N4O4/c1-11(24)21-14-9-26-18-15(10-27-17(14)18)23-19-20-8-7-13(22-19)12-5-3-4-6-16(12)25-2/h3-8,14-15,17-18H,9-10H2,1-2H3,(H,21,24)(H,20,22,23)/t14-,15+,17-,18+/m1/s1. The molecule has 2 N–H and O–H groups in total. The van der Waals surface area contributed by atoms with Crippen LogP contribution >= 0.6 is 0 Å². The average molecular weight is 370 g/mol. The van der Waals surface area contributed by atoms with E-state index in [4.69, 9.17) is 14.2 Å². The Morgan fingerprint density at radius 3 is 2.67 bits per heavy atom. The second-order valence-corrected chi connectivity index (χ2v) is 6.62. The van der Waals surface area contributed by atoms with Gasteiger partial charge in [0.15, 0.2) is 0 Å². The fourth-order valence-corrected chi connectivity index (χ4v) is 3.61. The molecule has 0 radical (unpaired) electrons. The Morgan fingerprint density at radius 1 is 1.15 bits per heavy atom. The zero-order chi connectivity index (χ0) is 18.8. The lowest BCUT2D eigenvalue weighted by Gasteiger charge is -2.18. The van der Waals surface area contributed by atoms with E-state index in [1.54, 1.807) is 13.3 Å². The molecule has 8 heteroatoms. The summed E-state index contributed by atoms with van der Waals surface area (Å²) in [6, 6.07) is 9.35. The van der Waals surface area contributed by atoms with Gasteiger partial charge in [-0.05, 0) is 18.2 Å². The van der Waals surface area contributed by atoms with Crippen LogP contribution in [-0.4, -0.2) is 60.5 Å². The Balaban J connectivity index is 1.49. The first-order valence-corrected chi connectivity index (χ1v) is 8.89. The number of nitrogens with zero attached hydrogens (tertiary/aromatic N) is 2. The van der Waals surface area contributed by atoms with Crippen LogP contribution in [-0.2, 0) is 14.3 Å². The number of aromatic nitrogens is 2. The van der Waals surface area contributed by atoms with Crippen molar-refractivity contribution in [1.29, 1.82) is 0 Å². The normalized spacial score (nSPS) is 26.4. The van der Waals surface area contributed by atoms with Gasteiger partial charge in [-0.15, -0.1) is 0 Å². The summed E-state index contributed by atoms with van der Waals surface area (Å²) < 4.78 is 17.1. The van der Waals surface area contributed by atoms with Crippen molar-refractivity contribution in [3.63, 3.8) is 0 Å². The highest BCUT2D eigenvalue weighted by atomic mass is 16.6. The van der Waals surface area contributed by atoms with Crippen LogP contribution < -0.4 is 15.4 Å². The monoisotopic (exact) mass is 370 g/mol. The summed E-state index contributed by atoms with van der Waals surface area (Å²) in [7, 11) is 1.64. The van der Waals surface area contributed by atoms with Crippen molar-refractivity contribution in [1.82, 2.24) is 15.3 Å². The zero-order valence-electron chi connectivity index (χ0n) is 15.2. The van der Waals surface area contributed by atoms with Crippen molar-refractivity contribution in [2.75, 3.05) is 25.6 Å². The first-order chi connectivity index (χ1) is 13.2. The molecule has 1 amide bonds. The van der Waals surface area contributed by atoms with E-state index in [0.717, 1.165) is 17.0 Å². The van der Waals surface area contributed by atoms with Gasteiger partial charge in [0.2, 0.25) is 11.9 Å². The summed E-state index contributed by atoms with van der Waals surface area (Å²) in [4.78, 5) is 20.3. The lowest BCUT2D eigenvalue weighted by molar-refractivity contribution is -0.120. The van der Waals surface area contributed by atoms with E-state index >= 15 is 0 Å². The average Bonchev–Trinajstić information content (AvgIpc) is 3.25. The molecular formula is C19H22N4O4. The van der Waals surface area contributed by atoms with Gasteiger partial charge in [0.25, 0.3) is 0 Å². The van der Waals surface area contributed by atoms with Crippen molar-refractivity contribution < 1.29 is 19.0 Å². The topological polar surface area (TPSA) is 94.6 Å². The Bertz CT molecular complexity index is 831. The van der Waals surface area contributed by atoms with Crippen LogP contribution in [0.4, 0.5) is 5.95 Å². The van der Waals surface area contributed by atoms with Crippen molar-refractivity contribution in [3.8, 4) is 17.0 Å². The van der Waals surface area contributed by atoms with E-state index in [-0.39, 0.29) is 30.2 Å². The molecule has 1 aromatic carbocycles. The van der Waals surface area contributed by atoms with E-state index in [2.05, 4.69) is 20.6 Å². The van der Waals surface area contributed by atoms with Gasteiger partial charge in [0.05, 0.1) is 38.1 Å². The largest absolute Gasteiger partial charge is 0.496 e. The second-order valence-electron chi connectivity index (χ2n) is 6.62. The van der Waals surface area contributed by atoms with E-state index in [1.807, 2.05) is 30.3 Å². The molecule has 8 nitrogen and oxygen atoms in total. The Kier molecular flexibility index (Phi) is 4.91. The van der Waals surface area contributed by atoms with Crippen molar-refractivity contribution in [2.24, 2.45) is 0 Å². The maximum absolute atomic E-state index is 11.3. The number of anilines is 1. The molecule has 2 fully saturated rings. The summed E-state index contributed by atoms with van der Waals surface area (Å²) in [6.45, 7) is 2.40. The number of ether oxygens (including phenoxy) is 3. The highest BCUT2D eigenvalue weighted by Gasteiger charge is 2.48. The smallest absolute Gasteiger partial charge is 0.223 e. The second kappa shape index (κ2) is 7.50. The van der Waals surface area contributed by atoms with Gasteiger partial charge in [-0.3, -0.25) is 4.79 Å². The highest BCUT2D eigenvalue weighted by molar-refractivity contribution is 5.73. The van der Waals surface area contributed by atoms with Crippen LogP contribution in [0.2, 0.25) is 0 Å². The van der Waals surface area contributed by atoms with Gasteiger partial charge in [0.1, 0.15) is 18.0 Å². The lowest BCUT2D eigenvalue weighted by atomic mass is 10.1. The summed E-state index contributed by atoms with van der Waals surface area (Å²) >= 11 is 0. The number of hydrogen-bond donors (Lipinski definition) is 2. The molecule has 0 bridgehead atoms. The molecule has 0 aliphatic carbocycles. The first-order valence-electron chi connectivity index (χ1n) is 8.89. The maximum atomic E-state index is 11.3. The molecule has 2 aliphatic heterocycles. The number of methoxy groups -OCH3 is 1. The maximum Gasteiger partial charge on any atom is 0.223 e. The van der Waals surface area contributed by atoms with Crippen LogP contribution in [0.5, 0.6) is 5.75 Å². The van der Waals surface area contributed by atoms with Crippen molar-refractivity contribution in [2.45, 2.75) is 31.2 Å². The number of hydrogen-bond acceptors (Lipinski definition) is 7. The van der Waals surface area contributed by atoms with Crippen molar-refractivity contribution >= 4 is 11.9 Å². The molecule has 3 heterocycles. The molecule has 0 spiro atoms. The Labute approximate surface area is 157 Å². The molecule has 2 aliphatic rings. The minimum atomic E-state index is -0.163. The molecule has 142 valence electrons. The minimum absolute atomic E-state index is 0.0818. The molecule has 0 saturated carbocycles. The van der Waals surface area contributed by atoms with Crippen LogP contribution in [0, 0.1) is 0 Å². The number of rotatable bonds is 5. The molecule has 2 aromatic rings. The Hall–Kier alpha value is -2.71. The van der Waals surface area contributed by atoms with Crippen molar-refractivity contribution in [3.05, 3.63) is 36.5 Å². The first kappa shape index (κ1) is 17.7. The van der Waals surface area contributed by atoms with Gasteiger partial charge >= 0.3 is 0 Å². The number of carbonyl (C=O) groups is 1. The zero-order valence-corrected chi connectivity index (χ0v) is 15.2. The van der Waals surface area contributed by atoms with E-state index in [1.165, 1.54) is 6.92 Å². The van der Waals surface area contributed by atoms with E-state index in [9.17, 15) is 4.79 Å². The third kappa shape index (κ3) is 3.58. The summed E-state index contributed by atoms with van der Waals surface area (Å²) in [5.41, 5.74) is 1.66. The quantitative estimate of drug-likeness (QED) is 0.817. The number of amides is 1. The fraction of sp³-hybridized carbons (Fsp3) is 0.421. The highest BCUT2D eigenvalue weighted by Crippen LogP contribution is 2.30. The van der Waals surface area contributed by atoms with Crippen LogP contribution in [0.15, 0.2) is 36.5 Å². The summed E-state index contributed by atoms with van der Waals surface area (Å²) in [5.74, 6) is 1.17. The number of carbonyl (C=O) groups excluding carboxylic acids is 1. The number of para-hydroxylation sites is 1. The SMILES string of the molecule is COc1ccccc1-c1ccnc(N[C@H]2CO[C@H]3[C@H]2OC[C@H]3NC(C)=O)n1. The molecule has 2 saturated heterocycles. The number of nitrogens with one attached hydrogen (secondary N) is 2. The molecular weight excluding hydrogens is 348 g/mol. The van der Waals surface area contributed by atoms with E-state index in [0.29, 0.717) is 19.2 Å². The predicted octanol–water partition coefficient (Wildman–Crippen LogP) is 1.23. The van der Waals surface area contributed by atoms with Crippen LogP contribution in [0.3, 0.4) is 0 Å². The van der Waals surface area contributed by atoms with Gasteiger partial charge in [-0.1, -0.05) is 12.1 Å². The Morgan fingerprint density at radius 2 is 1.89 bits per heavy atom. The third-order valence-electron chi connectivity index (χ3n) is 4.80. The third-order valence-corrected chi connectivity index (χ3v) is 4.80. The summed E-state index contributed by atoms with van der Waals surface area (Å²) in [6.07, 6.45) is 1.39. The fourth-order valence-electron chi connectivity index (χ4n) is 3.61. The molecule has 27 heavy (non-hydrogen) atoms. The van der Waals surface area contributed by atoms with Crippen LogP contribution in [0.1, 0.15) is 6.92 Å². The van der Waals surface area contributed by atoms with Gasteiger partial charge < -0.3 is 24.8 Å². The molecule has 4 atom stereocenters. The van der Waals surface area contributed by atoms with E-state index < -0.39 is 0 Å². The van der Waals surface area contributed by atoms with Gasteiger partial charge in [-0.2, -0.15) is 0 Å². The van der Waals surface area contributed by atoms with Crippen LogP contribution in [0.25, 0.3) is 11.3 Å². The lowest BCUT2D eigenvalue weighted by Crippen LogP contribution is -2.44. The minimum Gasteiger partial charge on any atom is -0.496 e. The number of fused-ring (bicyclic) bond motifs is 1. The number of benzene rings is 1. The summed E-state index contributed by atoms with van der Waals surface area (Å²) in [5, 5.41) is 6.19. The molecule has 0 unspecified atom stereocenters.